The fourth-order valence-corrected chi connectivity index (χ4v) is 3.13. The van der Waals surface area contributed by atoms with Gasteiger partial charge in [0.2, 0.25) is 0 Å². The number of anilines is 1. The number of hydrogen-bond acceptors (Lipinski definition) is 4. The first-order valence-corrected chi connectivity index (χ1v) is 9.35. The molecule has 5 heteroatoms. The highest BCUT2D eigenvalue weighted by Gasteiger charge is 2.20. The number of benzene rings is 3. The lowest BCUT2D eigenvalue weighted by atomic mass is 10.0. The van der Waals surface area contributed by atoms with Crippen molar-refractivity contribution in [1.82, 2.24) is 4.90 Å². The Morgan fingerprint density at radius 1 is 0.964 bits per heavy atom. The van der Waals surface area contributed by atoms with E-state index in [1.54, 1.807) is 11.8 Å². The van der Waals surface area contributed by atoms with E-state index in [9.17, 15) is 9.59 Å². The Balaban J connectivity index is 1.88. The van der Waals surface area contributed by atoms with E-state index in [4.69, 9.17) is 10.5 Å². The predicted molar refractivity (Wildman–Crippen MR) is 111 cm³/mol. The fourth-order valence-electron chi connectivity index (χ4n) is 3.13. The van der Waals surface area contributed by atoms with Crippen LogP contribution >= 0.6 is 0 Å². The van der Waals surface area contributed by atoms with Crippen molar-refractivity contribution in [1.29, 1.82) is 0 Å². The predicted octanol–water partition coefficient (Wildman–Crippen LogP) is 4.02. The molecule has 3 rings (SSSR count). The zero-order valence-corrected chi connectivity index (χ0v) is 15.9. The molecule has 0 saturated heterocycles. The number of carbonyl (C=O) groups excluding carboxylic acids is 2. The van der Waals surface area contributed by atoms with Crippen LogP contribution in [0.1, 0.15) is 29.3 Å². The van der Waals surface area contributed by atoms with E-state index >= 15 is 0 Å². The molecule has 0 unspecified atom stereocenters. The summed E-state index contributed by atoms with van der Waals surface area (Å²) >= 11 is 0. The van der Waals surface area contributed by atoms with E-state index in [1.165, 1.54) is 0 Å². The molecule has 0 aromatic heterocycles. The summed E-state index contributed by atoms with van der Waals surface area (Å²) in [6.45, 7) is 2.74. The number of nitrogens with zero attached hydrogens (tertiary/aromatic N) is 1. The van der Waals surface area contributed by atoms with E-state index in [-0.39, 0.29) is 24.8 Å². The second-order valence-electron chi connectivity index (χ2n) is 6.55. The van der Waals surface area contributed by atoms with Gasteiger partial charge in [-0.25, -0.2) is 0 Å². The molecule has 1 amide bonds. The topological polar surface area (TPSA) is 72.6 Å². The van der Waals surface area contributed by atoms with Gasteiger partial charge in [-0.3, -0.25) is 9.59 Å². The number of nitrogens with two attached hydrogens (primary N) is 1. The van der Waals surface area contributed by atoms with Crippen LogP contribution in [0.5, 0.6) is 0 Å². The molecule has 144 valence electrons. The lowest BCUT2D eigenvalue weighted by Gasteiger charge is -2.23. The quantitative estimate of drug-likeness (QED) is 0.499. The van der Waals surface area contributed by atoms with Crippen LogP contribution in [-0.2, 0) is 16.1 Å². The molecule has 3 aromatic carbocycles. The summed E-state index contributed by atoms with van der Waals surface area (Å²) in [5.74, 6) is -0.517. The standard InChI is InChI=1S/C23H24N2O3/c1-2-28-22(26)12-13-25(16-17-8-4-3-5-9-17)23(27)20-14-18-10-6-7-11-19(18)15-21(20)24/h3-11,14-15H,2,12-13,16,24H2,1H3. The molecule has 0 radical (unpaired) electrons. The molecule has 0 bridgehead atoms. The van der Waals surface area contributed by atoms with Crippen molar-refractivity contribution < 1.29 is 14.3 Å². The number of esters is 1. The van der Waals surface area contributed by atoms with Gasteiger partial charge in [0.25, 0.3) is 5.91 Å². The lowest BCUT2D eigenvalue weighted by Crippen LogP contribution is -2.33. The molecule has 0 heterocycles. The van der Waals surface area contributed by atoms with Crippen molar-refractivity contribution >= 4 is 28.3 Å². The third kappa shape index (κ3) is 4.68. The molecule has 0 atom stereocenters. The van der Waals surface area contributed by atoms with E-state index in [1.807, 2.05) is 66.7 Å². The molecule has 0 aliphatic heterocycles. The maximum absolute atomic E-state index is 13.3. The van der Waals surface area contributed by atoms with Crippen LogP contribution in [0.2, 0.25) is 0 Å². The second kappa shape index (κ2) is 9.04. The van der Waals surface area contributed by atoms with Crippen LogP contribution in [0.4, 0.5) is 5.69 Å². The summed E-state index contributed by atoms with van der Waals surface area (Å²) < 4.78 is 5.01. The van der Waals surface area contributed by atoms with Crippen LogP contribution in [-0.4, -0.2) is 29.9 Å². The SMILES string of the molecule is CCOC(=O)CCN(Cc1ccccc1)C(=O)c1cc2ccccc2cc1N. The average molecular weight is 376 g/mol. The highest BCUT2D eigenvalue weighted by atomic mass is 16.5. The first kappa shape index (κ1) is 19.4. The van der Waals surface area contributed by atoms with Crippen LogP contribution in [0.15, 0.2) is 66.7 Å². The number of carbonyl (C=O) groups is 2. The Hall–Kier alpha value is -3.34. The molecule has 0 saturated carbocycles. The lowest BCUT2D eigenvalue weighted by molar-refractivity contribution is -0.143. The zero-order chi connectivity index (χ0) is 19.9. The van der Waals surface area contributed by atoms with E-state index in [0.29, 0.717) is 24.4 Å². The smallest absolute Gasteiger partial charge is 0.307 e. The van der Waals surface area contributed by atoms with Crippen molar-refractivity contribution in [3.63, 3.8) is 0 Å². The molecule has 0 aliphatic rings. The molecule has 0 aliphatic carbocycles. The van der Waals surface area contributed by atoms with E-state index in [0.717, 1.165) is 16.3 Å². The van der Waals surface area contributed by atoms with Gasteiger partial charge in [-0.15, -0.1) is 0 Å². The first-order valence-electron chi connectivity index (χ1n) is 9.35. The summed E-state index contributed by atoms with van der Waals surface area (Å²) in [4.78, 5) is 26.7. The van der Waals surface area contributed by atoms with Crippen LogP contribution in [0, 0.1) is 0 Å². The van der Waals surface area contributed by atoms with Crippen LogP contribution in [0.25, 0.3) is 10.8 Å². The van der Waals surface area contributed by atoms with Crippen molar-refractivity contribution in [2.24, 2.45) is 0 Å². The maximum Gasteiger partial charge on any atom is 0.307 e. The normalized spacial score (nSPS) is 10.6. The number of ether oxygens (including phenoxy) is 1. The molecular formula is C23H24N2O3. The molecular weight excluding hydrogens is 352 g/mol. The van der Waals surface area contributed by atoms with Gasteiger partial charge in [0, 0.05) is 18.8 Å². The molecule has 0 spiro atoms. The minimum Gasteiger partial charge on any atom is -0.466 e. The minimum absolute atomic E-state index is 0.139. The summed E-state index contributed by atoms with van der Waals surface area (Å²) in [7, 11) is 0. The van der Waals surface area contributed by atoms with E-state index in [2.05, 4.69) is 0 Å². The van der Waals surface area contributed by atoms with Gasteiger partial charge < -0.3 is 15.4 Å². The van der Waals surface area contributed by atoms with Crippen molar-refractivity contribution in [3.8, 4) is 0 Å². The number of nitrogen functional groups attached to an aromatic ring is 1. The van der Waals surface area contributed by atoms with Gasteiger partial charge in [0.05, 0.1) is 18.6 Å². The van der Waals surface area contributed by atoms with Gasteiger partial charge in [0.15, 0.2) is 0 Å². The zero-order valence-electron chi connectivity index (χ0n) is 15.9. The van der Waals surface area contributed by atoms with E-state index < -0.39 is 0 Å². The summed E-state index contributed by atoms with van der Waals surface area (Å²) in [6, 6.07) is 21.1. The fraction of sp³-hybridized carbons (Fsp3) is 0.217. The number of amides is 1. The van der Waals surface area contributed by atoms with Gasteiger partial charge >= 0.3 is 5.97 Å². The Morgan fingerprint density at radius 2 is 1.61 bits per heavy atom. The summed E-state index contributed by atoms with van der Waals surface area (Å²) in [6.07, 6.45) is 0.139. The average Bonchev–Trinajstić information content (AvgIpc) is 2.71. The minimum atomic E-state index is -0.320. The number of hydrogen-bond donors (Lipinski definition) is 1. The largest absolute Gasteiger partial charge is 0.466 e. The highest BCUT2D eigenvalue weighted by molar-refractivity contribution is 6.04. The highest BCUT2D eigenvalue weighted by Crippen LogP contribution is 2.24. The maximum atomic E-state index is 13.3. The number of rotatable bonds is 7. The van der Waals surface area contributed by atoms with Gasteiger partial charge in [0.1, 0.15) is 0 Å². The van der Waals surface area contributed by atoms with Gasteiger partial charge in [-0.2, -0.15) is 0 Å². The van der Waals surface area contributed by atoms with Crippen molar-refractivity contribution in [3.05, 3.63) is 77.9 Å². The molecule has 28 heavy (non-hydrogen) atoms. The third-order valence-electron chi connectivity index (χ3n) is 4.54. The third-order valence-corrected chi connectivity index (χ3v) is 4.54. The van der Waals surface area contributed by atoms with Gasteiger partial charge in [-0.05, 0) is 35.4 Å². The van der Waals surface area contributed by atoms with Crippen LogP contribution in [0.3, 0.4) is 0 Å². The Morgan fingerprint density at radius 3 is 2.29 bits per heavy atom. The van der Waals surface area contributed by atoms with Crippen molar-refractivity contribution in [2.75, 3.05) is 18.9 Å². The van der Waals surface area contributed by atoms with Crippen molar-refractivity contribution in [2.45, 2.75) is 19.9 Å². The monoisotopic (exact) mass is 376 g/mol. The van der Waals surface area contributed by atoms with Crippen LogP contribution < -0.4 is 5.73 Å². The summed E-state index contributed by atoms with van der Waals surface area (Å²) in [5.41, 5.74) is 8.04. The Bertz CT molecular complexity index is 970. The molecule has 3 aromatic rings. The van der Waals surface area contributed by atoms with Gasteiger partial charge in [-0.1, -0.05) is 54.6 Å². The Kier molecular flexibility index (Phi) is 6.27. The first-order chi connectivity index (χ1) is 13.6. The molecule has 2 N–H and O–H groups in total. The molecule has 5 nitrogen and oxygen atoms in total. The molecule has 0 fully saturated rings. The number of fused-ring (bicyclic) bond motifs is 1. The second-order valence-corrected chi connectivity index (χ2v) is 6.55. The Labute approximate surface area is 164 Å². The summed E-state index contributed by atoms with van der Waals surface area (Å²) in [5, 5.41) is 1.93.